The number of carbonyl (C=O) groups is 1. The smallest absolute Gasteiger partial charge is 0.244 e. The SMILES string of the molecule is Cc1cc([C@@H]2[C@@H](c3ccccn3)NC(=S)N2CC(=O)Nc2ccccc2)c(C)n1-c1ccc(Cl)cc1Cl. The molecule has 9 heteroatoms. The topological polar surface area (TPSA) is 62.2 Å². The number of nitrogens with one attached hydrogen (secondary N) is 2. The quantitative estimate of drug-likeness (QED) is 0.272. The zero-order chi connectivity index (χ0) is 26.1. The van der Waals surface area contributed by atoms with Crippen molar-refractivity contribution >= 4 is 52.1 Å². The normalized spacial score (nSPS) is 17.1. The highest BCUT2D eigenvalue weighted by Crippen LogP contribution is 2.42. The molecule has 2 aromatic carbocycles. The molecular formula is C28H25Cl2N5OS. The number of nitrogens with zero attached hydrogens (tertiary/aromatic N) is 3. The molecule has 5 rings (SSSR count). The summed E-state index contributed by atoms with van der Waals surface area (Å²) in [6.45, 7) is 4.16. The summed E-state index contributed by atoms with van der Waals surface area (Å²) >= 11 is 18.5. The van der Waals surface area contributed by atoms with Gasteiger partial charge in [0, 0.05) is 28.3 Å². The van der Waals surface area contributed by atoms with Crippen molar-refractivity contribution in [2.24, 2.45) is 0 Å². The number of carbonyl (C=O) groups excluding carboxylic acids is 1. The van der Waals surface area contributed by atoms with Crippen LogP contribution in [0.1, 0.15) is 34.7 Å². The van der Waals surface area contributed by atoms with Gasteiger partial charge in [0.1, 0.15) is 6.54 Å². The highest BCUT2D eigenvalue weighted by atomic mass is 35.5. The van der Waals surface area contributed by atoms with Gasteiger partial charge in [-0.25, -0.2) is 0 Å². The minimum Gasteiger partial charge on any atom is -0.352 e. The van der Waals surface area contributed by atoms with E-state index in [9.17, 15) is 4.79 Å². The molecule has 1 aliphatic heterocycles. The summed E-state index contributed by atoms with van der Waals surface area (Å²) in [4.78, 5) is 19.6. The van der Waals surface area contributed by atoms with Crippen molar-refractivity contribution in [3.63, 3.8) is 0 Å². The van der Waals surface area contributed by atoms with E-state index in [1.165, 1.54) is 0 Å². The average Bonchev–Trinajstić information content (AvgIpc) is 3.35. The molecule has 1 saturated heterocycles. The Morgan fingerprint density at radius 1 is 1.05 bits per heavy atom. The van der Waals surface area contributed by atoms with Gasteiger partial charge < -0.3 is 20.1 Å². The van der Waals surface area contributed by atoms with Crippen molar-refractivity contribution in [3.8, 4) is 5.69 Å². The van der Waals surface area contributed by atoms with Gasteiger partial charge in [-0.3, -0.25) is 9.78 Å². The van der Waals surface area contributed by atoms with Gasteiger partial charge in [0.15, 0.2) is 5.11 Å². The summed E-state index contributed by atoms with van der Waals surface area (Å²) in [5.41, 5.74) is 5.44. The first-order valence-corrected chi connectivity index (χ1v) is 13.0. The highest BCUT2D eigenvalue weighted by molar-refractivity contribution is 7.80. The molecule has 1 amide bonds. The molecule has 188 valence electrons. The van der Waals surface area contributed by atoms with Crippen LogP contribution in [0.15, 0.2) is 79.0 Å². The van der Waals surface area contributed by atoms with Crippen LogP contribution >= 0.6 is 35.4 Å². The van der Waals surface area contributed by atoms with Gasteiger partial charge in [0.25, 0.3) is 0 Å². The maximum absolute atomic E-state index is 13.1. The van der Waals surface area contributed by atoms with E-state index < -0.39 is 0 Å². The Bertz CT molecular complexity index is 1460. The average molecular weight is 551 g/mol. The monoisotopic (exact) mass is 549 g/mol. The molecule has 2 N–H and O–H groups in total. The van der Waals surface area contributed by atoms with Crippen molar-refractivity contribution in [1.82, 2.24) is 19.8 Å². The van der Waals surface area contributed by atoms with E-state index in [2.05, 4.69) is 26.3 Å². The van der Waals surface area contributed by atoms with Crippen LogP contribution in [-0.2, 0) is 4.79 Å². The van der Waals surface area contributed by atoms with Crippen molar-refractivity contribution in [2.45, 2.75) is 25.9 Å². The number of aryl methyl sites for hydroxylation is 1. The highest BCUT2D eigenvalue weighted by Gasteiger charge is 2.42. The zero-order valence-corrected chi connectivity index (χ0v) is 22.6. The van der Waals surface area contributed by atoms with Crippen molar-refractivity contribution in [2.75, 3.05) is 11.9 Å². The van der Waals surface area contributed by atoms with Gasteiger partial charge in [-0.1, -0.05) is 47.5 Å². The van der Waals surface area contributed by atoms with Crippen LogP contribution in [0.3, 0.4) is 0 Å². The van der Waals surface area contributed by atoms with E-state index in [1.54, 1.807) is 12.3 Å². The Hall–Kier alpha value is -3.39. The van der Waals surface area contributed by atoms with E-state index in [0.717, 1.165) is 34.0 Å². The lowest BCUT2D eigenvalue weighted by Gasteiger charge is -2.27. The van der Waals surface area contributed by atoms with Gasteiger partial charge >= 0.3 is 0 Å². The summed E-state index contributed by atoms with van der Waals surface area (Å²) in [6.07, 6.45) is 1.76. The fourth-order valence-corrected chi connectivity index (χ4v) is 5.71. The molecule has 6 nitrogen and oxygen atoms in total. The number of rotatable bonds is 6. The molecule has 3 heterocycles. The van der Waals surface area contributed by atoms with Crippen molar-refractivity contribution < 1.29 is 4.79 Å². The maximum Gasteiger partial charge on any atom is 0.244 e. The molecule has 37 heavy (non-hydrogen) atoms. The Labute approximate surface area is 231 Å². The first-order chi connectivity index (χ1) is 17.8. The lowest BCUT2D eigenvalue weighted by atomic mass is 9.96. The zero-order valence-electron chi connectivity index (χ0n) is 20.3. The largest absolute Gasteiger partial charge is 0.352 e. The minimum absolute atomic E-state index is 0.0834. The second-order valence-electron chi connectivity index (χ2n) is 8.93. The Morgan fingerprint density at radius 3 is 2.51 bits per heavy atom. The van der Waals surface area contributed by atoms with E-state index in [4.69, 9.17) is 35.4 Å². The van der Waals surface area contributed by atoms with Gasteiger partial charge in [-0.15, -0.1) is 0 Å². The predicted molar refractivity (Wildman–Crippen MR) is 152 cm³/mol. The summed E-state index contributed by atoms with van der Waals surface area (Å²) in [5, 5.41) is 8.01. The summed E-state index contributed by atoms with van der Waals surface area (Å²) in [7, 11) is 0. The number of aromatic nitrogens is 2. The van der Waals surface area contributed by atoms with Crippen LogP contribution in [0.5, 0.6) is 0 Å². The first-order valence-electron chi connectivity index (χ1n) is 11.8. The van der Waals surface area contributed by atoms with Crippen LogP contribution < -0.4 is 10.6 Å². The lowest BCUT2D eigenvalue weighted by molar-refractivity contribution is -0.116. The third-order valence-electron chi connectivity index (χ3n) is 6.51. The minimum atomic E-state index is -0.269. The number of thiocarbonyl (C=S) groups is 1. The van der Waals surface area contributed by atoms with Crippen LogP contribution in [0.4, 0.5) is 5.69 Å². The summed E-state index contributed by atoms with van der Waals surface area (Å²) in [5.74, 6) is -0.156. The number of pyridine rings is 1. The number of benzene rings is 2. The Morgan fingerprint density at radius 2 is 1.81 bits per heavy atom. The molecule has 0 saturated carbocycles. The molecule has 1 aliphatic rings. The fraction of sp³-hybridized carbons (Fsp3) is 0.179. The molecule has 0 bridgehead atoms. The fourth-order valence-electron chi connectivity index (χ4n) is 4.91. The Kier molecular flexibility index (Phi) is 7.20. The molecule has 0 aliphatic carbocycles. The summed E-state index contributed by atoms with van der Waals surface area (Å²) in [6, 6.07) is 22.3. The first kappa shape index (κ1) is 25.3. The maximum atomic E-state index is 13.1. The van der Waals surface area contributed by atoms with Crippen LogP contribution in [0.25, 0.3) is 5.69 Å². The standard InChI is InChI=1S/C28H25Cl2N5OS/c1-17-14-21(18(2)35(17)24-12-11-19(29)15-22(24)30)27-26(23-10-6-7-13-31-23)33-28(37)34(27)16-25(36)32-20-8-4-3-5-9-20/h3-15,26-27H,16H2,1-2H3,(H,32,36)(H,33,37)/t26-,27-/m1/s1. The van der Waals surface area contributed by atoms with Crippen LogP contribution in [0.2, 0.25) is 10.0 Å². The number of hydrogen-bond donors (Lipinski definition) is 2. The van der Waals surface area contributed by atoms with E-state index in [-0.39, 0.29) is 24.5 Å². The molecule has 1 fully saturated rings. The van der Waals surface area contributed by atoms with Gasteiger partial charge in [0.05, 0.1) is 28.5 Å². The number of halogens is 2. The second-order valence-corrected chi connectivity index (χ2v) is 10.2. The Balaban J connectivity index is 1.55. The third-order valence-corrected chi connectivity index (χ3v) is 7.40. The predicted octanol–water partition coefficient (Wildman–Crippen LogP) is 6.41. The van der Waals surface area contributed by atoms with E-state index in [1.807, 2.05) is 79.4 Å². The summed E-state index contributed by atoms with van der Waals surface area (Å²) < 4.78 is 2.10. The molecule has 0 spiro atoms. The molecule has 2 atom stereocenters. The van der Waals surface area contributed by atoms with Crippen molar-refractivity contribution in [3.05, 3.63) is 112 Å². The van der Waals surface area contributed by atoms with Crippen LogP contribution in [0, 0.1) is 13.8 Å². The lowest BCUT2D eigenvalue weighted by Crippen LogP contribution is -2.37. The number of para-hydroxylation sites is 1. The molecule has 4 aromatic rings. The van der Waals surface area contributed by atoms with E-state index in [0.29, 0.717) is 15.2 Å². The number of hydrogen-bond acceptors (Lipinski definition) is 3. The third kappa shape index (κ3) is 5.07. The molecular weight excluding hydrogens is 525 g/mol. The molecule has 0 radical (unpaired) electrons. The van der Waals surface area contributed by atoms with Gasteiger partial charge in [-0.2, -0.15) is 0 Å². The van der Waals surface area contributed by atoms with Crippen molar-refractivity contribution in [1.29, 1.82) is 0 Å². The second kappa shape index (κ2) is 10.5. The number of anilines is 1. The molecule has 2 aromatic heterocycles. The van der Waals surface area contributed by atoms with Crippen LogP contribution in [-0.4, -0.2) is 32.0 Å². The number of amides is 1. The van der Waals surface area contributed by atoms with E-state index >= 15 is 0 Å². The molecule has 0 unspecified atom stereocenters. The van der Waals surface area contributed by atoms with Gasteiger partial charge in [0.2, 0.25) is 5.91 Å². The van der Waals surface area contributed by atoms with Gasteiger partial charge in [-0.05, 0) is 80.2 Å².